The molecule has 0 aliphatic carbocycles. The second kappa shape index (κ2) is 5.99. The Morgan fingerprint density at radius 2 is 2.15 bits per heavy atom. The molecule has 2 aromatic rings. The van der Waals surface area contributed by atoms with Crippen LogP contribution in [0.1, 0.15) is 16.3 Å². The smallest absolute Gasteiger partial charge is 0.179 e. The highest BCUT2D eigenvalue weighted by molar-refractivity contribution is 7.09. The fraction of sp³-hybridized carbons (Fsp3) is 0.357. The lowest BCUT2D eigenvalue weighted by Crippen LogP contribution is -2.17. The maximum Gasteiger partial charge on any atom is 0.179 e. The van der Waals surface area contributed by atoms with Crippen LogP contribution in [0.2, 0.25) is 5.02 Å². The van der Waals surface area contributed by atoms with Crippen LogP contribution in [0.4, 0.5) is 0 Å². The topological polar surface area (TPSA) is 43.4 Å². The highest BCUT2D eigenvalue weighted by Gasteiger charge is 2.16. The molecule has 1 N–H and O–H groups in total. The van der Waals surface area contributed by atoms with Crippen LogP contribution in [0.5, 0.6) is 11.5 Å². The van der Waals surface area contributed by atoms with Crippen LogP contribution in [0.3, 0.4) is 0 Å². The third kappa shape index (κ3) is 3.06. The summed E-state index contributed by atoms with van der Waals surface area (Å²) in [5.41, 5.74) is 2.14. The van der Waals surface area contributed by atoms with Crippen LogP contribution in [0.25, 0.3) is 0 Å². The van der Waals surface area contributed by atoms with Gasteiger partial charge in [-0.15, -0.1) is 11.3 Å². The van der Waals surface area contributed by atoms with Crippen LogP contribution >= 0.6 is 22.9 Å². The van der Waals surface area contributed by atoms with E-state index >= 15 is 0 Å². The van der Waals surface area contributed by atoms with Crippen LogP contribution in [-0.4, -0.2) is 18.2 Å². The summed E-state index contributed by atoms with van der Waals surface area (Å²) in [5.74, 6) is 1.38. The highest BCUT2D eigenvalue weighted by Crippen LogP contribution is 2.38. The van der Waals surface area contributed by atoms with Crippen LogP contribution in [0, 0.1) is 6.92 Å². The number of hydrogen-bond donors (Lipinski definition) is 1. The van der Waals surface area contributed by atoms with Crippen molar-refractivity contribution in [2.45, 2.75) is 20.0 Å². The van der Waals surface area contributed by atoms with Crippen molar-refractivity contribution in [2.24, 2.45) is 0 Å². The molecule has 0 amide bonds. The Labute approximate surface area is 126 Å². The second-order valence-corrected chi connectivity index (χ2v) is 5.94. The molecule has 20 heavy (non-hydrogen) atoms. The van der Waals surface area contributed by atoms with E-state index in [2.05, 4.69) is 15.7 Å². The van der Waals surface area contributed by atoms with Crippen LogP contribution in [0.15, 0.2) is 17.5 Å². The molecule has 1 aromatic carbocycles. The van der Waals surface area contributed by atoms with Gasteiger partial charge in [-0.1, -0.05) is 11.6 Å². The molecular weight excluding hydrogens is 296 g/mol. The first kappa shape index (κ1) is 13.7. The molecule has 106 valence electrons. The first-order chi connectivity index (χ1) is 9.72. The average Bonchev–Trinajstić information content (AvgIpc) is 2.85. The number of thiazole rings is 1. The molecule has 6 heteroatoms. The Morgan fingerprint density at radius 1 is 1.30 bits per heavy atom. The van der Waals surface area contributed by atoms with Gasteiger partial charge in [-0.25, -0.2) is 4.98 Å². The summed E-state index contributed by atoms with van der Waals surface area (Å²) in [4.78, 5) is 4.41. The Hall–Kier alpha value is -1.30. The van der Waals surface area contributed by atoms with E-state index in [1.807, 2.05) is 19.1 Å². The van der Waals surface area contributed by atoms with Gasteiger partial charge in [-0.2, -0.15) is 0 Å². The number of hydrogen-bond acceptors (Lipinski definition) is 5. The van der Waals surface area contributed by atoms with E-state index in [0.717, 1.165) is 35.1 Å². The van der Waals surface area contributed by atoms with Crippen molar-refractivity contribution in [1.82, 2.24) is 10.3 Å². The molecule has 0 saturated carbocycles. The molecule has 1 aliphatic rings. The molecule has 0 atom stereocenters. The Morgan fingerprint density at radius 3 is 2.95 bits per heavy atom. The summed E-state index contributed by atoms with van der Waals surface area (Å²) >= 11 is 7.87. The number of halogens is 1. The minimum atomic E-state index is 0.549. The summed E-state index contributed by atoms with van der Waals surface area (Å²) in [6.07, 6.45) is 0. The Bertz CT molecular complexity index is 615. The molecule has 1 aliphatic heterocycles. The van der Waals surface area contributed by atoms with Crippen LogP contribution < -0.4 is 14.8 Å². The zero-order valence-electron chi connectivity index (χ0n) is 11.1. The molecule has 0 fully saturated rings. The molecule has 2 heterocycles. The summed E-state index contributed by atoms with van der Waals surface area (Å²) in [5, 5.41) is 7.10. The molecule has 1 aromatic heterocycles. The number of ether oxygens (including phenoxy) is 2. The normalized spacial score (nSPS) is 13.5. The number of aromatic nitrogens is 1. The zero-order valence-corrected chi connectivity index (χ0v) is 12.7. The highest BCUT2D eigenvalue weighted by atomic mass is 35.5. The number of rotatable bonds is 4. The summed E-state index contributed by atoms with van der Waals surface area (Å²) in [7, 11) is 0. The van der Waals surface area contributed by atoms with Gasteiger partial charge in [0.25, 0.3) is 0 Å². The average molecular weight is 311 g/mol. The summed E-state index contributed by atoms with van der Waals surface area (Å²) in [6, 6.07) is 3.88. The summed E-state index contributed by atoms with van der Waals surface area (Å²) < 4.78 is 11.1. The lowest BCUT2D eigenvalue weighted by atomic mass is 10.2. The molecule has 0 saturated heterocycles. The van der Waals surface area contributed by atoms with Crippen molar-refractivity contribution >= 4 is 22.9 Å². The minimum Gasteiger partial charge on any atom is -0.486 e. The van der Waals surface area contributed by atoms with Gasteiger partial charge < -0.3 is 14.8 Å². The summed E-state index contributed by atoms with van der Waals surface area (Å²) in [6.45, 7) is 4.59. The van der Waals surface area contributed by atoms with E-state index in [9.17, 15) is 0 Å². The molecule has 0 radical (unpaired) electrons. The van der Waals surface area contributed by atoms with E-state index in [-0.39, 0.29) is 0 Å². The SMILES string of the molecule is Cc1csc(CNCc2cc(Cl)c3c(c2)OCCO3)n1. The number of nitrogens with zero attached hydrogens (tertiary/aromatic N) is 1. The largest absolute Gasteiger partial charge is 0.486 e. The van der Waals surface area contributed by atoms with Gasteiger partial charge in [0.15, 0.2) is 11.5 Å². The van der Waals surface area contributed by atoms with Gasteiger partial charge in [0.05, 0.1) is 5.02 Å². The quantitative estimate of drug-likeness (QED) is 0.942. The van der Waals surface area contributed by atoms with Gasteiger partial charge >= 0.3 is 0 Å². The second-order valence-electron chi connectivity index (χ2n) is 4.59. The molecule has 0 bridgehead atoms. The fourth-order valence-corrected chi connectivity index (χ4v) is 3.09. The molecule has 3 rings (SSSR count). The van der Waals surface area contributed by atoms with Crippen molar-refractivity contribution in [3.05, 3.63) is 38.8 Å². The van der Waals surface area contributed by atoms with E-state index in [0.29, 0.717) is 24.0 Å². The number of nitrogens with one attached hydrogen (secondary N) is 1. The standard InChI is InChI=1S/C14H15ClN2O2S/c1-9-8-20-13(17-9)7-16-6-10-4-11(15)14-12(5-10)18-2-3-19-14/h4-5,8,16H,2-3,6-7H2,1H3. The molecule has 4 nitrogen and oxygen atoms in total. The molecular formula is C14H15ClN2O2S. The molecule has 0 unspecified atom stereocenters. The van der Waals surface area contributed by atoms with Crippen LogP contribution in [-0.2, 0) is 13.1 Å². The van der Waals surface area contributed by atoms with Gasteiger partial charge in [-0.05, 0) is 24.6 Å². The van der Waals surface area contributed by atoms with Gasteiger partial charge in [0.2, 0.25) is 0 Å². The third-order valence-corrected chi connectivity index (χ3v) is 4.18. The van der Waals surface area contributed by atoms with Crippen molar-refractivity contribution in [3.8, 4) is 11.5 Å². The fourth-order valence-electron chi connectivity index (χ4n) is 2.06. The third-order valence-electron chi connectivity index (χ3n) is 2.93. The number of aryl methyl sites for hydroxylation is 1. The van der Waals surface area contributed by atoms with Crippen molar-refractivity contribution in [2.75, 3.05) is 13.2 Å². The van der Waals surface area contributed by atoms with Crippen molar-refractivity contribution in [3.63, 3.8) is 0 Å². The predicted octanol–water partition coefficient (Wildman–Crippen LogP) is 3.17. The minimum absolute atomic E-state index is 0.549. The number of benzene rings is 1. The lowest BCUT2D eigenvalue weighted by molar-refractivity contribution is 0.171. The number of fused-ring (bicyclic) bond motifs is 1. The van der Waals surface area contributed by atoms with E-state index in [4.69, 9.17) is 21.1 Å². The zero-order chi connectivity index (χ0) is 13.9. The maximum absolute atomic E-state index is 6.20. The van der Waals surface area contributed by atoms with Gasteiger partial charge in [0, 0.05) is 24.2 Å². The maximum atomic E-state index is 6.20. The molecule has 0 spiro atoms. The van der Waals surface area contributed by atoms with Crippen molar-refractivity contribution in [1.29, 1.82) is 0 Å². The first-order valence-electron chi connectivity index (χ1n) is 6.42. The Balaban J connectivity index is 1.64. The van der Waals surface area contributed by atoms with Gasteiger partial charge in [-0.3, -0.25) is 0 Å². The van der Waals surface area contributed by atoms with Crippen molar-refractivity contribution < 1.29 is 9.47 Å². The van der Waals surface area contributed by atoms with E-state index < -0.39 is 0 Å². The van der Waals surface area contributed by atoms with E-state index in [1.165, 1.54) is 0 Å². The monoisotopic (exact) mass is 310 g/mol. The Kier molecular flexibility index (Phi) is 4.10. The first-order valence-corrected chi connectivity index (χ1v) is 7.68. The van der Waals surface area contributed by atoms with Gasteiger partial charge in [0.1, 0.15) is 18.2 Å². The predicted molar refractivity (Wildman–Crippen MR) is 79.8 cm³/mol. The van der Waals surface area contributed by atoms with E-state index in [1.54, 1.807) is 11.3 Å². The lowest BCUT2D eigenvalue weighted by Gasteiger charge is -2.20.